The molecule has 0 unspecified atom stereocenters. The van der Waals surface area contributed by atoms with E-state index in [0.29, 0.717) is 0 Å². The molecule has 1 aliphatic rings. The molecule has 0 N–H and O–H groups in total. The number of fused-ring (bicyclic) bond motifs is 3. The van der Waals surface area contributed by atoms with Gasteiger partial charge in [0.1, 0.15) is 20.9 Å². The van der Waals surface area contributed by atoms with Gasteiger partial charge in [-0.2, -0.15) is 0 Å². The zero-order valence-corrected chi connectivity index (χ0v) is 17.5. The van der Waals surface area contributed by atoms with Gasteiger partial charge in [-0.15, -0.1) is 11.3 Å². The fourth-order valence-electron chi connectivity index (χ4n) is 4.42. The molecule has 0 spiro atoms. The van der Waals surface area contributed by atoms with Crippen molar-refractivity contribution >= 4 is 37.5 Å². The molecule has 4 rings (SSSR count). The molecular formula is C21H28N4OS. The maximum absolute atomic E-state index is 13.4. The summed E-state index contributed by atoms with van der Waals surface area (Å²) in [5, 5.41) is 1.03. The molecule has 6 heteroatoms. The fourth-order valence-corrected chi connectivity index (χ4v) is 5.46. The smallest absolute Gasteiger partial charge is 0.271 e. The van der Waals surface area contributed by atoms with Crippen LogP contribution in [0.2, 0.25) is 0 Å². The lowest BCUT2D eigenvalue weighted by atomic mass is 9.87. The Morgan fingerprint density at radius 3 is 2.74 bits per heavy atom. The number of hydrogen-bond donors (Lipinski definition) is 0. The van der Waals surface area contributed by atoms with Gasteiger partial charge >= 0.3 is 0 Å². The van der Waals surface area contributed by atoms with Crippen LogP contribution in [-0.4, -0.2) is 28.1 Å². The highest BCUT2D eigenvalue weighted by molar-refractivity contribution is 7.25. The van der Waals surface area contributed by atoms with E-state index in [0.717, 1.165) is 63.7 Å². The first kappa shape index (κ1) is 18.4. The van der Waals surface area contributed by atoms with E-state index in [1.807, 2.05) is 23.8 Å². The van der Waals surface area contributed by atoms with E-state index in [9.17, 15) is 4.79 Å². The van der Waals surface area contributed by atoms with Crippen molar-refractivity contribution in [3.63, 3.8) is 0 Å². The standard InChI is InChI=1S/C21H28N4OS/c1-5-12-24(4)16-10-11-22-20-17(16)18-19(27-20)21(26)25(14(3)23-18)15-8-6-13(2)7-9-15/h10-11,13,15H,5-9,12H2,1-4H3. The summed E-state index contributed by atoms with van der Waals surface area (Å²) in [6.07, 6.45) is 7.43. The number of aryl methyl sites for hydroxylation is 1. The molecule has 3 aromatic rings. The van der Waals surface area contributed by atoms with Crippen LogP contribution in [0.5, 0.6) is 0 Å². The Bertz CT molecular complexity index is 1030. The van der Waals surface area contributed by atoms with E-state index in [1.165, 1.54) is 24.2 Å². The van der Waals surface area contributed by atoms with Crippen LogP contribution in [0.4, 0.5) is 5.69 Å². The number of rotatable bonds is 4. The van der Waals surface area contributed by atoms with Gasteiger partial charge in [-0.05, 0) is 51.0 Å². The largest absolute Gasteiger partial charge is 0.374 e. The van der Waals surface area contributed by atoms with Gasteiger partial charge in [-0.25, -0.2) is 9.97 Å². The van der Waals surface area contributed by atoms with E-state index in [2.05, 4.69) is 30.8 Å². The van der Waals surface area contributed by atoms with Crippen molar-refractivity contribution in [3.8, 4) is 0 Å². The molecule has 144 valence electrons. The molecule has 0 aromatic carbocycles. The number of aromatic nitrogens is 3. The van der Waals surface area contributed by atoms with E-state index >= 15 is 0 Å². The average molecular weight is 385 g/mol. The molecule has 0 amide bonds. The summed E-state index contributed by atoms with van der Waals surface area (Å²) in [6.45, 7) is 7.42. The van der Waals surface area contributed by atoms with Crippen LogP contribution in [-0.2, 0) is 0 Å². The molecule has 1 fully saturated rings. The Balaban J connectivity index is 1.91. The van der Waals surface area contributed by atoms with E-state index in [1.54, 1.807) is 0 Å². The van der Waals surface area contributed by atoms with Gasteiger partial charge in [-0.3, -0.25) is 9.36 Å². The van der Waals surface area contributed by atoms with E-state index < -0.39 is 0 Å². The van der Waals surface area contributed by atoms with Crippen molar-refractivity contribution in [2.75, 3.05) is 18.5 Å². The minimum atomic E-state index is 0.115. The maximum atomic E-state index is 13.4. The van der Waals surface area contributed by atoms with Crippen molar-refractivity contribution in [3.05, 3.63) is 28.4 Å². The van der Waals surface area contributed by atoms with E-state index in [-0.39, 0.29) is 11.6 Å². The number of anilines is 1. The van der Waals surface area contributed by atoms with Gasteiger partial charge in [0.2, 0.25) is 0 Å². The summed E-state index contributed by atoms with van der Waals surface area (Å²) >= 11 is 1.49. The van der Waals surface area contributed by atoms with Crippen molar-refractivity contribution in [2.45, 2.75) is 58.9 Å². The lowest BCUT2D eigenvalue weighted by molar-refractivity contribution is 0.281. The Kier molecular flexibility index (Phi) is 4.93. The van der Waals surface area contributed by atoms with Crippen molar-refractivity contribution in [1.82, 2.24) is 14.5 Å². The van der Waals surface area contributed by atoms with Crippen molar-refractivity contribution in [1.29, 1.82) is 0 Å². The lowest BCUT2D eigenvalue weighted by Crippen LogP contribution is -2.30. The van der Waals surface area contributed by atoms with Crippen molar-refractivity contribution < 1.29 is 0 Å². The van der Waals surface area contributed by atoms with Crippen LogP contribution in [0.15, 0.2) is 17.1 Å². The molecule has 0 radical (unpaired) electrons. The molecule has 1 saturated carbocycles. The third-order valence-corrected chi connectivity index (χ3v) is 6.98. The van der Waals surface area contributed by atoms with E-state index in [4.69, 9.17) is 4.98 Å². The molecule has 1 aliphatic carbocycles. The van der Waals surface area contributed by atoms with Crippen LogP contribution in [0, 0.1) is 12.8 Å². The summed E-state index contributed by atoms with van der Waals surface area (Å²) in [5.74, 6) is 1.60. The summed E-state index contributed by atoms with van der Waals surface area (Å²) in [7, 11) is 2.10. The zero-order valence-electron chi connectivity index (χ0n) is 16.7. The molecule has 0 atom stereocenters. The quantitative estimate of drug-likeness (QED) is 0.641. The Morgan fingerprint density at radius 1 is 1.30 bits per heavy atom. The van der Waals surface area contributed by atoms with Gasteiger partial charge in [-0.1, -0.05) is 13.8 Å². The summed E-state index contributed by atoms with van der Waals surface area (Å²) in [5.41, 5.74) is 2.05. The molecule has 3 aromatic heterocycles. The Morgan fingerprint density at radius 2 is 2.04 bits per heavy atom. The fraction of sp³-hybridized carbons (Fsp3) is 0.571. The molecule has 3 heterocycles. The molecule has 5 nitrogen and oxygen atoms in total. The summed E-state index contributed by atoms with van der Waals surface area (Å²) < 4.78 is 2.71. The second kappa shape index (κ2) is 7.23. The highest BCUT2D eigenvalue weighted by atomic mass is 32.1. The second-order valence-electron chi connectivity index (χ2n) is 7.96. The van der Waals surface area contributed by atoms with Crippen molar-refractivity contribution in [2.24, 2.45) is 5.92 Å². The summed E-state index contributed by atoms with van der Waals surface area (Å²) in [6, 6.07) is 2.32. The van der Waals surface area contributed by atoms with Crippen LogP contribution in [0.1, 0.15) is 57.8 Å². The van der Waals surface area contributed by atoms with Gasteiger partial charge in [0.15, 0.2) is 0 Å². The Labute approximate surface area is 164 Å². The zero-order chi connectivity index (χ0) is 19.1. The lowest BCUT2D eigenvalue weighted by Gasteiger charge is -2.28. The van der Waals surface area contributed by atoms with Gasteiger partial charge in [0.25, 0.3) is 5.56 Å². The second-order valence-corrected chi connectivity index (χ2v) is 8.96. The molecular weight excluding hydrogens is 356 g/mol. The molecule has 0 saturated heterocycles. The molecule has 0 bridgehead atoms. The van der Waals surface area contributed by atoms with Gasteiger partial charge < -0.3 is 4.90 Å². The Hall–Kier alpha value is -1.95. The average Bonchev–Trinajstić information content (AvgIpc) is 3.02. The van der Waals surface area contributed by atoms with Crippen LogP contribution < -0.4 is 10.5 Å². The van der Waals surface area contributed by atoms with Crippen LogP contribution in [0.25, 0.3) is 20.4 Å². The normalized spacial score (nSPS) is 20.4. The highest BCUT2D eigenvalue weighted by Crippen LogP contribution is 2.37. The molecule has 0 aliphatic heterocycles. The third kappa shape index (κ3) is 3.14. The first-order valence-corrected chi connectivity index (χ1v) is 10.8. The van der Waals surface area contributed by atoms with Gasteiger partial charge in [0, 0.05) is 25.8 Å². The number of thiophene rings is 1. The molecule has 27 heavy (non-hydrogen) atoms. The predicted molar refractivity (Wildman–Crippen MR) is 114 cm³/mol. The number of nitrogens with zero attached hydrogens (tertiary/aromatic N) is 4. The maximum Gasteiger partial charge on any atom is 0.271 e. The monoisotopic (exact) mass is 384 g/mol. The van der Waals surface area contributed by atoms with Crippen LogP contribution >= 0.6 is 11.3 Å². The highest BCUT2D eigenvalue weighted by Gasteiger charge is 2.25. The first-order chi connectivity index (χ1) is 13.0. The topological polar surface area (TPSA) is 51.0 Å². The van der Waals surface area contributed by atoms with Crippen LogP contribution in [0.3, 0.4) is 0 Å². The number of hydrogen-bond acceptors (Lipinski definition) is 5. The minimum Gasteiger partial charge on any atom is -0.374 e. The third-order valence-electron chi connectivity index (χ3n) is 5.90. The van der Waals surface area contributed by atoms with Gasteiger partial charge in [0.05, 0.1) is 11.1 Å². The predicted octanol–water partition coefficient (Wildman–Crippen LogP) is 4.91. The summed E-state index contributed by atoms with van der Waals surface area (Å²) in [4.78, 5) is 26.0. The first-order valence-electron chi connectivity index (χ1n) is 10.0. The minimum absolute atomic E-state index is 0.115. The number of pyridine rings is 1. The SMILES string of the molecule is CCCN(C)c1ccnc2sc3c(=O)n(C4CCC(C)CC4)c(C)nc3c12.